The third-order valence-electron chi connectivity index (χ3n) is 2.37. The monoisotopic (exact) mass is 225 g/mol. The molecule has 0 fully saturated rings. The van der Waals surface area contributed by atoms with E-state index in [-0.39, 0.29) is 18.2 Å². The fourth-order valence-corrected chi connectivity index (χ4v) is 1.75. The number of carbonyl (C=O) groups is 1. The summed E-state index contributed by atoms with van der Waals surface area (Å²) in [6, 6.07) is 6.29. The number of halogens is 1. The van der Waals surface area contributed by atoms with Crippen molar-refractivity contribution in [3.8, 4) is 0 Å². The van der Waals surface area contributed by atoms with Crippen molar-refractivity contribution in [1.29, 1.82) is 0 Å². The number of carboxylic acid groups (broad SMARTS) is 1. The molecule has 16 heavy (non-hydrogen) atoms. The molecule has 0 saturated heterocycles. The molecule has 0 aromatic heterocycles. The molecule has 4 heteroatoms. The summed E-state index contributed by atoms with van der Waals surface area (Å²) in [5, 5.41) is 11.7. The first-order valence-electron chi connectivity index (χ1n) is 5.22. The van der Waals surface area contributed by atoms with Gasteiger partial charge in [0.1, 0.15) is 5.82 Å². The highest BCUT2D eigenvalue weighted by molar-refractivity contribution is 5.67. The summed E-state index contributed by atoms with van der Waals surface area (Å²) in [5.74, 6) is -1.11. The van der Waals surface area contributed by atoms with Crippen molar-refractivity contribution in [3.05, 3.63) is 35.6 Å². The molecular formula is C12H16FNO2. The van der Waals surface area contributed by atoms with Gasteiger partial charge in [0.05, 0.1) is 0 Å². The van der Waals surface area contributed by atoms with Crippen molar-refractivity contribution in [2.45, 2.75) is 12.8 Å². The van der Waals surface area contributed by atoms with E-state index in [9.17, 15) is 9.18 Å². The van der Waals surface area contributed by atoms with Gasteiger partial charge in [0.15, 0.2) is 0 Å². The summed E-state index contributed by atoms with van der Waals surface area (Å²) in [6.45, 7) is 0.614. The highest BCUT2D eigenvalue weighted by Gasteiger charge is 2.13. The van der Waals surface area contributed by atoms with Crippen LogP contribution in [0, 0.1) is 11.7 Å². The summed E-state index contributed by atoms with van der Waals surface area (Å²) in [6.07, 6.45) is 0.669. The van der Waals surface area contributed by atoms with Crippen LogP contribution in [0.25, 0.3) is 0 Å². The highest BCUT2D eigenvalue weighted by Crippen LogP contribution is 2.13. The van der Waals surface area contributed by atoms with E-state index in [4.69, 9.17) is 5.11 Å². The second kappa shape index (κ2) is 6.23. The standard InChI is InChI=1S/C12H16FNO2/c1-14-8-10(7-12(15)16)5-9-3-2-4-11(13)6-9/h2-4,6,10,14H,5,7-8H2,1H3,(H,15,16). The van der Waals surface area contributed by atoms with Crippen LogP contribution >= 0.6 is 0 Å². The molecule has 1 atom stereocenters. The highest BCUT2D eigenvalue weighted by atomic mass is 19.1. The Kier molecular flexibility index (Phi) is 4.92. The largest absolute Gasteiger partial charge is 0.481 e. The quantitative estimate of drug-likeness (QED) is 0.774. The predicted molar refractivity (Wildman–Crippen MR) is 59.8 cm³/mol. The van der Waals surface area contributed by atoms with Crippen LogP contribution in [0.1, 0.15) is 12.0 Å². The lowest BCUT2D eigenvalue weighted by molar-refractivity contribution is -0.138. The Bertz CT molecular complexity index is 355. The molecule has 0 spiro atoms. The van der Waals surface area contributed by atoms with E-state index in [0.29, 0.717) is 13.0 Å². The maximum atomic E-state index is 12.9. The summed E-state index contributed by atoms with van der Waals surface area (Å²) >= 11 is 0. The van der Waals surface area contributed by atoms with Crippen molar-refractivity contribution in [3.63, 3.8) is 0 Å². The fraction of sp³-hybridized carbons (Fsp3) is 0.417. The zero-order valence-corrected chi connectivity index (χ0v) is 9.24. The van der Waals surface area contributed by atoms with Gasteiger partial charge in [0, 0.05) is 6.42 Å². The molecule has 0 aliphatic rings. The molecule has 0 radical (unpaired) electrons. The molecule has 0 saturated carbocycles. The number of hydrogen-bond donors (Lipinski definition) is 2. The number of aliphatic carboxylic acids is 1. The zero-order chi connectivity index (χ0) is 12.0. The molecular weight excluding hydrogens is 209 g/mol. The smallest absolute Gasteiger partial charge is 0.303 e. The average molecular weight is 225 g/mol. The van der Waals surface area contributed by atoms with Gasteiger partial charge >= 0.3 is 5.97 Å². The molecule has 88 valence electrons. The average Bonchev–Trinajstić information content (AvgIpc) is 2.16. The number of hydrogen-bond acceptors (Lipinski definition) is 2. The van der Waals surface area contributed by atoms with Gasteiger partial charge in [-0.15, -0.1) is 0 Å². The van der Waals surface area contributed by atoms with Crippen LogP contribution < -0.4 is 5.32 Å². The second-order valence-corrected chi connectivity index (χ2v) is 3.86. The van der Waals surface area contributed by atoms with Crippen molar-refractivity contribution in [2.75, 3.05) is 13.6 Å². The van der Waals surface area contributed by atoms with Crippen LogP contribution in [-0.2, 0) is 11.2 Å². The van der Waals surface area contributed by atoms with Gasteiger partial charge in [-0.05, 0) is 43.6 Å². The van der Waals surface area contributed by atoms with E-state index in [1.807, 2.05) is 6.07 Å². The van der Waals surface area contributed by atoms with E-state index >= 15 is 0 Å². The number of nitrogens with one attached hydrogen (secondary N) is 1. The van der Waals surface area contributed by atoms with Crippen LogP contribution in [0.5, 0.6) is 0 Å². The van der Waals surface area contributed by atoms with Crippen molar-refractivity contribution in [2.24, 2.45) is 5.92 Å². The normalized spacial score (nSPS) is 12.4. The van der Waals surface area contributed by atoms with Gasteiger partial charge in [-0.2, -0.15) is 0 Å². The van der Waals surface area contributed by atoms with E-state index in [0.717, 1.165) is 5.56 Å². The van der Waals surface area contributed by atoms with Crippen LogP contribution in [0.2, 0.25) is 0 Å². The Morgan fingerprint density at radius 2 is 2.31 bits per heavy atom. The third kappa shape index (κ3) is 4.40. The Balaban J connectivity index is 2.63. The second-order valence-electron chi connectivity index (χ2n) is 3.86. The SMILES string of the molecule is CNCC(CC(=O)O)Cc1cccc(F)c1. The van der Waals surface area contributed by atoms with Crippen LogP contribution in [0.3, 0.4) is 0 Å². The van der Waals surface area contributed by atoms with Crippen LogP contribution in [-0.4, -0.2) is 24.7 Å². The Morgan fingerprint density at radius 3 is 2.88 bits per heavy atom. The first-order chi connectivity index (χ1) is 7.61. The van der Waals surface area contributed by atoms with E-state index in [2.05, 4.69) is 5.32 Å². The number of rotatable bonds is 6. The maximum absolute atomic E-state index is 12.9. The van der Waals surface area contributed by atoms with Crippen molar-refractivity contribution >= 4 is 5.97 Å². The topological polar surface area (TPSA) is 49.3 Å². The molecule has 1 aromatic rings. The minimum Gasteiger partial charge on any atom is -0.481 e. The summed E-state index contributed by atoms with van der Waals surface area (Å²) in [4.78, 5) is 10.6. The number of benzene rings is 1. The summed E-state index contributed by atoms with van der Waals surface area (Å²) in [5.41, 5.74) is 0.835. The maximum Gasteiger partial charge on any atom is 0.303 e. The molecule has 2 N–H and O–H groups in total. The zero-order valence-electron chi connectivity index (χ0n) is 9.24. The Hall–Kier alpha value is -1.42. The predicted octanol–water partition coefficient (Wildman–Crippen LogP) is 1.68. The molecule has 3 nitrogen and oxygen atoms in total. The van der Waals surface area contributed by atoms with Crippen molar-refractivity contribution < 1.29 is 14.3 Å². The summed E-state index contributed by atoms with van der Waals surface area (Å²) in [7, 11) is 1.78. The molecule has 0 heterocycles. The lowest BCUT2D eigenvalue weighted by Gasteiger charge is -2.14. The van der Waals surface area contributed by atoms with E-state index in [1.54, 1.807) is 13.1 Å². The molecule has 1 rings (SSSR count). The molecule has 0 amide bonds. The first-order valence-corrected chi connectivity index (χ1v) is 5.22. The Morgan fingerprint density at radius 1 is 1.56 bits per heavy atom. The van der Waals surface area contributed by atoms with Gasteiger partial charge in [0.25, 0.3) is 0 Å². The molecule has 1 unspecified atom stereocenters. The van der Waals surface area contributed by atoms with Gasteiger partial charge in [-0.3, -0.25) is 4.79 Å². The van der Waals surface area contributed by atoms with Crippen molar-refractivity contribution in [1.82, 2.24) is 5.32 Å². The Labute approximate surface area is 94.3 Å². The lowest BCUT2D eigenvalue weighted by Crippen LogP contribution is -2.23. The minimum atomic E-state index is -0.823. The van der Waals surface area contributed by atoms with Gasteiger partial charge in [0.2, 0.25) is 0 Å². The van der Waals surface area contributed by atoms with Crippen LogP contribution in [0.4, 0.5) is 4.39 Å². The van der Waals surface area contributed by atoms with Crippen LogP contribution in [0.15, 0.2) is 24.3 Å². The van der Waals surface area contributed by atoms with E-state index < -0.39 is 5.97 Å². The molecule has 0 aliphatic carbocycles. The minimum absolute atomic E-state index is 0.00991. The summed E-state index contributed by atoms with van der Waals surface area (Å²) < 4.78 is 12.9. The van der Waals surface area contributed by atoms with Gasteiger partial charge < -0.3 is 10.4 Å². The molecule has 0 bridgehead atoms. The fourth-order valence-electron chi connectivity index (χ4n) is 1.75. The first kappa shape index (κ1) is 12.6. The van der Waals surface area contributed by atoms with Gasteiger partial charge in [-0.25, -0.2) is 4.39 Å². The van der Waals surface area contributed by atoms with E-state index in [1.165, 1.54) is 12.1 Å². The number of carboxylic acids is 1. The van der Waals surface area contributed by atoms with Gasteiger partial charge in [-0.1, -0.05) is 12.1 Å². The molecule has 0 aliphatic heterocycles. The molecule has 1 aromatic carbocycles. The lowest BCUT2D eigenvalue weighted by atomic mass is 9.96. The third-order valence-corrected chi connectivity index (χ3v) is 2.37.